The first-order chi connectivity index (χ1) is 7.63. The maximum atomic E-state index is 11.5. The SMILES string of the molecule is C=CCCC(=O)NC1=CC=CC(C)C=C1Cl. The van der Waals surface area contributed by atoms with Gasteiger partial charge < -0.3 is 5.32 Å². The Labute approximate surface area is 101 Å². The van der Waals surface area contributed by atoms with Crippen molar-refractivity contribution in [2.45, 2.75) is 19.8 Å². The Kier molecular flexibility index (Phi) is 5.06. The molecule has 2 nitrogen and oxygen atoms in total. The molecule has 16 heavy (non-hydrogen) atoms. The van der Waals surface area contributed by atoms with Crippen LogP contribution in [0, 0.1) is 5.92 Å². The Balaban J connectivity index is 2.63. The molecule has 0 saturated heterocycles. The Hall–Kier alpha value is -1.28. The molecule has 0 spiro atoms. The zero-order valence-corrected chi connectivity index (χ0v) is 10.1. The summed E-state index contributed by atoms with van der Waals surface area (Å²) in [5.41, 5.74) is 0.663. The molecule has 1 unspecified atom stereocenters. The molecule has 0 saturated carbocycles. The van der Waals surface area contributed by atoms with Gasteiger partial charge in [0.1, 0.15) is 0 Å². The van der Waals surface area contributed by atoms with Crippen LogP contribution in [-0.4, -0.2) is 5.91 Å². The molecule has 0 aromatic rings. The Morgan fingerprint density at radius 3 is 3.12 bits per heavy atom. The molecule has 86 valence electrons. The third-order valence-corrected chi connectivity index (χ3v) is 2.52. The summed E-state index contributed by atoms with van der Waals surface area (Å²) in [6, 6.07) is 0. The van der Waals surface area contributed by atoms with Crippen molar-refractivity contribution >= 4 is 17.5 Å². The molecule has 1 atom stereocenters. The third-order valence-electron chi connectivity index (χ3n) is 2.19. The van der Waals surface area contributed by atoms with Crippen molar-refractivity contribution < 1.29 is 4.79 Å². The lowest BCUT2D eigenvalue weighted by atomic mass is 10.1. The van der Waals surface area contributed by atoms with Crippen molar-refractivity contribution in [3.05, 3.63) is 47.7 Å². The number of carbonyl (C=O) groups excluding carboxylic acids is 1. The van der Waals surface area contributed by atoms with E-state index in [2.05, 4.69) is 11.9 Å². The number of hydrogen-bond acceptors (Lipinski definition) is 1. The number of nitrogens with one attached hydrogen (secondary N) is 1. The van der Waals surface area contributed by atoms with Crippen LogP contribution in [0.1, 0.15) is 19.8 Å². The molecule has 1 N–H and O–H groups in total. The molecule has 1 aliphatic carbocycles. The van der Waals surface area contributed by atoms with E-state index in [1.54, 1.807) is 6.08 Å². The highest BCUT2D eigenvalue weighted by Gasteiger charge is 2.09. The lowest BCUT2D eigenvalue weighted by Gasteiger charge is -2.07. The average Bonchev–Trinajstić information content (AvgIpc) is 2.38. The van der Waals surface area contributed by atoms with Gasteiger partial charge in [-0.3, -0.25) is 4.79 Å². The van der Waals surface area contributed by atoms with E-state index in [9.17, 15) is 4.79 Å². The molecule has 0 aliphatic heterocycles. The number of halogens is 1. The van der Waals surface area contributed by atoms with E-state index in [0.29, 0.717) is 23.6 Å². The highest BCUT2D eigenvalue weighted by Crippen LogP contribution is 2.19. The van der Waals surface area contributed by atoms with Crippen molar-refractivity contribution in [1.82, 2.24) is 5.32 Å². The second-order valence-corrected chi connectivity index (χ2v) is 4.12. The second kappa shape index (κ2) is 6.33. The van der Waals surface area contributed by atoms with Crippen molar-refractivity contribution in [2.24, 2.45) is 5.92 Å². The largest absolute Gasteiger partial charge is 0.325 e. The monoisotopic (exact) mass is 237 g/mol. The minimum Gasteiger partial charge on any atom is -0.325 e. The molecule has 1 aliphatic rings. The topological polar surface area (TPSA) is 29.1 Å². The molecule has 0 bridgehead atoms. The molecule has 0 heterocycles. The predicted molar refractivity (Wildman–Crippen MR) is 67.9 cm³/mol. The van der Waals surface area contributed by atoms with E-state index in [0.717, 1.165) is 0 Å². The summed E-state index contributed by atoms with van der Waals surface area (Å²) in [5.74, 6) is 0.243. The summed E-state index contributed by atoms with van der Waals surface area (Å²) in [6.07, 6.45) is 10.5. The van der Waals surface area contributed by atoms with Gasteiger partial charge in [0.15, 0.2) is 0 Å². The van der Waals surface area contributed by atoms with Crippen LogP contribution in [0.4, 0.5) is 0 Å². The summed E-state index contributed by atoms with van der Waals surface area (Å²) in [5, 5.41) is 3.37. The molecular weight excluding hydrogens is 222 g/mol. The zero-order valence-electron chi connectivity index (χ0n) is 9.37. The number of hydrogen-bond donors (Lipinski definition) is 1. The van der Waals surface area contributed by atoms with Crippen LogP contribution in [0.2, 0.25) is 0 Å². The number of amides is 1. The number of carbonyl (C=O) groups is 1. The van der Waals surface area contributed by atoms with Gasteiger partial charge in [-0.05, 0) is 18.4 Å². The molecule has 0 radical (unpaired) electrons. The minimum absolute atomic E-state index is 0.0411. The fourth-order valence-electron chi connectivity index (χ4n) is 1.33. The lowest BCUT2D eigenvalue weighted by molar-refractivity contribution is -0.120. The first-order valence-corrected chi connectivity index (χ1v) is 5.68. The van der Waals surface area contributed by atoms with Gasteiger partial charge in [0.05, 0.1) is 10.7 Å². The van der Waals surface area contributed by atoms with Crippen LogP contribution in [-0.2, 0) is 4.79 Å². The van der Waals surface area contributed by atoms with Gasteiger partial charge in [0.2, 0.25) is 5.91 Å². The van der Waals surface area contributed by atoms with E-state index in [-0.39, 0.29) is 11.8 Å². The van der Waals surface area contributed by atoms with Gasteiger partial charge in [-0.25, -0.2) is 0 Å². The Morgan fingerprint density at radius 2 is 2.44 bits per heavy atom. The smallest absolute Gasteiger partial charge is 0.224 e. The number of rotatable bonds is 4. The molecule has 0 aromatic carbocycles. The van der Waals surface area contributed by atoms with Gasteiger partial charge in [0.25, 0.3) is 0 Å². The summed E-state index contributed by atoms with van der Waals surface area (Å²) in [6.45, 7) is 5.61. The van der Waals surface area contributed by atoms with Gasteiger partial charge in [-0.15, -0.1) is 6.58 Å². The first-order valence-electron chi connectivity index (χ1n) is 5.30. The summed E-state index contributed by atoms with van der Waals surface area (Å²) in [4.78, 5) is 11.5. The average molecular weight is 238 g/mol. The number of allylic oxidation sites excluding steroid dienone is 6. The van der Waals surface area contributed by atoms with E-state index in [1.807, 2.05) is 31.2 Å². The first kappa shape index (κ1) is 12.8. The predicted octanol–water partition coefficient (Wildman–Crippen LogP) is 3.28. The molecular formula is C13H16ClNO. The van der Waals surface area contributed by atoms with Crippen molar-refractivity contribution in [3.63, 3.8) is 0 Å². The normalized spacial score (nSPS) is 19.5. The highest BCUT2D eigenvalue weighted by molar-refractivity contribution is 6.32. The molecule has 1 amide bonds. The maximum Gasteiger partial charge on any atom is 0.224 e. The van der Waals surface area contributed by atoms with Crippen LogP contribution in [0.5, 0.6) is 0 Å². The molecule has 0 fully saturated rings. The van der Waals surface area contributed by atoms with Crippen molar-refractivity contribution in [3.8, 4) is 0 Å². The van der Waals surface area contributed by atoms with Crippen LogP contribution >= 0.6 is 11.6 Å². The quantitative estimate of drug-likeness (QED) is 0.747. The van der Waals surface area contributed by atoms with E-state index in [1.165, 1.54) is 0 Å². The van der Waals surface area contributed by atoms with Gasteiger partial charge >= 0.3 is 0 Å². The van der Waals surface area contributed by atoms with E-state index >= 15 is 0 Å². The maximum absolute atomic E-state index is 11.5. The Morgan fingerprint density at radius 1 is 1.69 bits per heavy atom. The minimum atomic E-state index is -0.0411. The second-order valence-electron chi connectivity index (χ2n) is 3.71. The Bertz CT molecular complexity index is 366. The van der Waals surface area contributed by atoms with Crippen molar-refractivity contribution in [1.29, 1.82) is 0 Å². The van der Waals surface area contributed by atoms with Crippen LogP contribution in [0.25, 0.3) is 0 Å². The zero-order chi connectivity index (χ0) is 12.0. The molecule has 0 aromatic heterocycles. The fourth-order valence-corrected chi connectivity index (χ4v) is 1.64. The summed E-state index contributed by atoms with van der Waals surface area (Å²) < 4.78 is 0. The standard InChI is InChI=1S/C13H16ClNO/c1-3-4-8-13(16)15-12-7-5-6-10(2)9-11(12)14/h3,5-7,9-10H,1,4,8H2,2H3,(H,15,16). The summed E-state index contributed by atoms with van der Waals surface area (Å²) >= 11 is 6.08. The van der Waals surface area contributed by atoms with Crippen LogP contribution < -0.4 is 5.32 Å². The van der Waals surface area contributed by atoms with E-state index < -0.39 is 0 Å². The van der Waals surface area contributed by atoms with Gasteiger partial charge in [0, 0.05) is 6.42 Å². The van der Waals surface area contributed by atoms with Gasteiger partial charge in [-0.2, -0.15) is 0 Å². The highest BCUT2D eigenvalue weighted by atomic mass is 35.5. The third kappa shape index (κ3) is 4.07. The molecule has 3 heteroatoms. The van der Waals surface area contributed by atoms with Gasteiger partial charge in [-0.1, -0.05) is 42.8 Å². The van der Waals surface area contributed by atoms with Crippen molar-refractivity contribution in [2.75, 3.05) is 0 Å². The van der Waals surface area contributed by atoms with Crippen LogP contribution in [0.3, 0.4) is 0 Å². The van der Waals surface area contributed by atoms with E-state index in [4.69, 9.17) is 11.6 Å². The molecule has 1 rings (SSSR count). The lowest BCUT2D eigenvalue weighted by Crippen LogP contribution is -2.22. The summed E-state index contributed by atoms with van der Waals surface area (Å²) in [7, 11) is 0. The fraction of sp³-hybridized carbons (Fsp3) is 0.308. The van der Waals surface area contributed by atoms with Crippen LogP contribution in [0.15, 0.2) is 47.7 Å².